The van der Waals surface area contributed by atoms with E-state index in [1.54, 1.807) is 17.5 Å². The molecule has 37 heavy (non-hydrogen) atoms. The van der Waals surface area contributed by atoms with Gasteiger partial charge in [0.15, 0.2) is 0 Å². The van der Waals surface area contributed by atoms with Crippen LogP contribution in [-0.4, -0.2) is 22.3 Å². The van der Waals surface area contributed by atoms with E-state index in [0.717, 1.165) is 58.8 Å². The van der Waals surface area contributed by atoms with E-state index in [1.165, 1.54) is 4.88 Å². The lowest BCUT2D eigenvalue weighted by atomic mass is 10.0. The molecule has 2 aromatic heterocycles. The number of aromatic nitrogens is 2. The van der Waals surface area contributed by atoms with Crippen LogP contribution in [0.25, 0.3) is 10.4 Å². The van der Waals surface area contributed by atoms with Crippen molar-refractivity contribution in [2.24, 2.45) is 5.73 Å². The first-order valence-electron chi connectivity index (χ1n) is 12.7. The third-order valence-electron chi connectivity index (χ3n) is 6.70. The summed E-state index contributed by atoms with van der Waals surface area (Å²) in [6.07, 6.45) is 6.96. The van der Waals surface area contributed by atoms with Gasteiger partial charge in [0.25, 0.3) is 5.91 Å². The van der Waals surface area contributed by atoms with Gasteiger partial charge in [-0.15, -0.1) is 11.3 Å². The second kappa shape index (κ2) is 11.3. The van der Waals surface area contributed by atoms with Gasteiger partial charge in [0.2, 0.25) is 0 Å². The highest BCUT2D eigenvalue weighted by Gasteiger charge is 2.18. The number of benzene rings is 2. The maximum absolute atomic E-state index is 13.3. The van der Waals surface area contributed by atoms with E-state index >= 15 is 0 Å². The summed E-state index contributed by atoms with van der Waals surface area (Å²) in [4.78, 5) is 15.6. The predicted octanol–water partition coefficient (Wildman–Crippen LogP) is 6.31. The first-order valence-corrected chi connectivity index (χ1v) is 13.6. The molecule has 3 heterocycles. The maximum Gasteiger partial charge on any atom is 0.252 e. The Morgan fingerprint density at radius 1 is 1.19 bits per heavy atom. The normalized spacial score (nSPS) is 16.4. The molecule has 1 aliphatic heterocycles. The lowest BCUT2D eigenvalue weighted by molar-refractivity contribution is -0.0394. The molecule has 1 unspecified atom stereocenters. The number of ether oxygens (including phenoxy) is 1. The average Bonchev–Trinajstić information content (AvgIpc) is 3.60. The van der Waals surface area contributed by atoms with E-state index in [2.05, 4.69) is 40.0 Å². The van der Waals surface area contributed by atoms with E-state index in [1.807, 2.05) is 55.1 Å². The highest BCUT2D eigenvalue weighted by molar-refractivity contribution is 7.15. The van der Waals surface area contributed by atoms with Crippen molar-refractivity contribution in [3.63, 3.8) is 0 Å². The SMILES string of the molecule is Cc1ccc(Nc2cnn(C3CCCCO3)c2)cc1C(=O)N[C@H](C)c1cccc(-c2ccc(CN)s2)c1. The van der Waals surface area contributed by atoms with E-state index in [-0.39, 0.29) is 18.2 Å². The van der Waals surface area contributed by atoms with Crippen molar-refractivity contribution in [2.75, 3.05) is 11.9 Å². The van der Waals surface area contributed by atoms with Gasteiger partial charge in [0.1, 0.15) is 6.23 Å². The predicted molar refractivity (Wildman–Crippen MR) is 149 cm³/mol. The van der Waals surface area contributed by atoms with Gasteiger partial charge in [-0.2, -0.15) is 5.10 Å². The lowest BCUT2D eigenvalue weighted by Crippen LogP contribution is -2.27. The van der Waals surface area contributed by atoms with Crippen molar-refractivity contribution >= 4 is 28.6 Å². The van der Waals surface area contributed by atoms with Gasteiger partial charge < -0.3 is 21.1 Å². The molecule has 5 rings (SSSR count). The molecule has 0 aliphatic carbocycles. The van der Waals surface area contributed by atoms with E-state index in [4.69, 9.17) is 10.5 Å². The maximum atomic E-state index is 13.3. The monoisotopic (exact) mass is 515 g/mol. The molecule has 4 N–H and O–H groups in total. The van der Waals surface area contributed by atoms with Crippen LogP contribution in [0.5, 0.6) is 0 Å². The summed E-state index contributed by atoms with van der Waals surface area (Å²) < 4.78 is 7.69. The smallest absolute Gasteiger partial charge is 0.252 e. The van der Waals surface area contributed by atoms with Crippen molar-refractivity contribution in [3.8, 4) is 10.4 Å². The molecule has 1 fully saturated rings. The number of nitrogens with one attached hydrogen (secondary N) is 2. The quantitative estimate of drug-likeness (QED) is 0.256. The van der Waals surface area contributed by atoms with Crippen LogP contribution in [0.4, 0.5) is 11.4 Å². The van der Waals surface area contributed by atoms with Crippen LogP contribution in [0.15, 0.2) is 67.0 Å². The highest BCUT2D eigenvalue weighted by Crippen LogP contribution is 2.30. The minimum absolute atomic E-state index is 0.00817. The standard InChI is InChI=1S/C29H33N5O2S/c1-19-9-10-23(33-24-17-31-34(18-24)28-8-3-4-13-36-28)15-26(19)29(35)32-20(2)21-6-5-7-22(14-21)27-12-11-25(16-30)37-27/h5-7,9-12,14-15,17-18,20,28,33H,3-4,8,13,16,30H2,1-2H3,(H,32,35)/t20-,28?/m1/s1. The Balaban J connectivity index is 1.27. The number of anilines is 2. The number of nitrogens with two attached hydrogens (primary N) is 1. The third kappa shape index (κ3) is 5.93. The molecule has 1 saturated heterocycles. The van der Waals surface area contributed by atoms with Crippen molar-refractivity contribution in [1.82, 2.24) is 15.1 Å². The second-order valence-corrected chi connectivity index (χ2v) is 10.6. The number of carbonyl (C=O) groups excluding carboxylic acids is 1. The summed E-state index contributed by atoms with van der Waals surface area (Å²) in [7, 11) is 0. The molecule has 192 valence electrons. The van der Waals surface area contributed by atoms with Gasteiger partial charge in [-0.1, -0.05) is 24.3 Å². The van der Waals surface area contributed by atoms with Crippen LogP contribution in [0.3, 0.4) is 0 Å². The molecular weight excluding hydrogens is 482 g/mol. The summed E-state index contributed by atoms with van der Waals surface area (Å²) in [5, 5.41) is 11.0. The topological polar surface area (TPSA) is 94.2 Å². The molecule has 7 nitrogen and oxygen atoms in total. The van der Waals surface area contributed by atoms with Crippen LogP contribution in [-0.2, 0) is 11.3 Å². The number of aryl methyl sites for hydroxylation is 1. The molecule has 8 heteroatoms. The number of thiophene rings is 1. The number of hydrogen-bond donors (Lipinski definition) is 3. The Kier molecular flexibility index (Phi) is 7.69. The molecule has 0 spiro atoms. The summed E-state index contributed by atoms with van der Waals surface area (Å²) >= 11 is 1.70. The highest BCUT2D eigenvalue weighted by atomic mass is 32.1. The van der Waals surface area contributed by atoms with Crippen LogP contribution in [0.2, 0.25) is 0 Å². The Morgan fingerprint density at radius 3 is 2.86 bits per heavy atom. The fourth-order valence-electron chi connectivity index (χ4n) is 4.57. The number of amides is 1. The van der Waals surface area contributed by atoms with E-state index in [0.29, 0.717) is 12.1 Å². The first-order chi connectivity index (χ1) is 18.0. The van der Waals surface area contributed by atoms with Crippen LogP contribution in [0, 0.1) is 6.92 Å². The molecule has 0 bridgehead atoms. The zero-order valence-corrected chi connectivity index (χ0v) is 22.1. The van der Waals surface area contributed by atoms with Crippen LogP contribution >= 0.6 is 11.3 Å². The zero-order valence-electron chi connectivity index (χ0n) is 21.2. The first kappa shape index (κ1) is 25.2. The third-order valence-corrected chi connectivity index (χ3v) is 7.86. The number of nitrogens with zero attached hydrogens (tertiary/aromatic N) is 2. The number of carbonyl (C=O) groups is 1. The van der Waals surface area contributed by atoms with Crippen molar-refractivity contribution in [1.29, 1.82) is 0 Å². The molecule has 0 saturated carbocycles. The van der Waals surface area contributed by atoms with E-state index in [9.17, 15) is 4.79 Å². The minimum atomic E-state index is -0.147. The van der Waals surface area contributed by atoms with Crippen molar-refractivity contribution in [3.05, 3.63) is 88.6 Å². The summed E-state index contributed by atoms with van der Waals surface area (Å²) in [5.41, 5.74) is 11.2. The minimum Gasteiger partial charge on any atom is -0.357 e. The Bertz CT molecular complexity index is 1370. The lowest BCUT2D eigenvalue weighted by Gasteiger charge is -2.22. The molecule has 1 aliphatic rings. The summed E-state index contributed by atoms with van der Waals surface area (Å²) in [6.45, 7) is 5.28. The van der Waals surface area contributed by atoms with E-state index < -0.39 is 0 Å². The molecule has 0 radical (unpaired) electrons. The van der Waals surface area contributed by atoms with Gasteiger partial charge in [0, 0.05) is 34.2 Å². The molecule has 2 atom stereocenters. The van der Waals surface area contributed by atoms with Crippen LogP contribution in [0.1, 0.15) is 64.8 Å². The average molecular weight is 516 g/mol. The summed E-state index contributed by atoms with van der Waals surface area (Å²) in [6, 6.07) is 18.1. The van der Waals surface area contributed by atoms with Gasteiger partial charge in [-0.25, -0.2) is 4.68 Å². The van der Waals surface area contributed by atoms with Gasteiger partial charge in [-0.05, 0) is 80.1 Å². The van der Waals surface area contributed by atoms with Gasteiger partial charge in [0.05, 0.1) is 24.1 Å². The summed E-state index contributed by atoms with van der Waals surface area (Å²) in [5.74, 6) is -0.105. The fraction of sp³-hybridized carbons (Fsp3) is 0.310. The van der Waals surface area contributed by atoms with Crippen molar-refractivity contribution in [2.45, 2.75) is 51.9 Å². The largest absolute Gasteiger partial charge is 0.357 e. The fourth-order valence-corrected chi connectivity index (χ4v) is 5.45. The van der Waals surface area contributed by atoms with Crippen LogP contribution < -0.4 is 16.4 Å². The number of rotatable bonds is 8. The van der Waals surface area contributed by atoms with Gasteiger partial charge >= 0.3 is 0 Å². The second-order valence-electron chi connectivity index (χ2n) is 9.48. The van der Waals surface area contributed by atoms with Crippen molar-refractivity contribution < 1.29 is 9.53 Å². The molecule has 4 aromatic rings. The zero-order chi connectivity index (χ0) is 25.8. The molecular formula is C29H33N5O2S. The number of hydrogen-bond acceptors (Lipinski definition) is 6. The molecule has 2 aromatic carbocycles. The van der Waals surface area contributed by atoms with Gasteiger partial charge in [-0.3, -0.25) is 4.79 Å². The molecule has 1 amide bonds. The Labute approximate surface area is 221 Å². The Morgan fingerprint density at radius 2 is 2.08 bits per heavy atom. The Hall–Kier alpha value is -3.46.